The lowest BCUT2D eigenvalue weighted by molar-refractivity contribution is -0.140. The third-order valence-corrected chi connectivity index (χ3v) is 3.34. The molecular formula is C17H23NO3. The van der Waals surface area contributed by atoms with Crippen LogP contribution in [0.25, 0.3) is 0 Å². The number of aryl methyl sites for hydroxylation is 2. The summed E-state index contributed by atoms with van der Waals surface area (Å²) in [5.41, 5.74) is 2.75. The highest BCUT2D eigenvalue weighted by molar-refractivity contribution is 6.01. The second kappa shape index (κ2) is 8.37. The van der Waals surface area contributed by atoms with Crippen molar-refractivity contribution in [3.8, 4) is 0 Å². The minimum atomic E-state index is -0.413. The number of ketones is 1. The molecule has 1 unspecified atom stereocenters. The van der Waals surface area contributed by atoms with E-state index in [-0.39, 0.29) is 18.2 Å². The van der Waals surface area contributed by atoms with E-state index in [9.17, 15) is 9.59 Å². The van der Waals surface area contributed by atoms with Crippen molar-refractivity contribution in [1.29, 1.82) is 0 Å². The third kappa shape index (κ3) is 5.16. The number of esters is 1. The quantitative estimate of drug-likeness (QED) is 0.454. The minimum absolute atomic E-state index is 0.00162. The van der Waals surface area contributed by atoms with E-state index in [4.69, 9.17) is 0 Å². The Balaban J connectivity index is 2.87. The standard InChI is InChI=1S/C17H23NO3/c1-5-10-18-15(8-9-16(19)21-4)17(20)14-7-6-12(2)11-13(14)3/h5-7,11,15,18H,1,8-10H2,2-4H3. The fourth-order valence-electron chi connectivity index (χ4n) is 2.19. The lowest BCUT2D eigenvalue weighted by Gasteiger charge is -2.17. The number of rotatable bonds is 8. The van der Waals surface area contributed by atoms with Crippen LogP contribution in [0.2, 0.25) is 0 Å². The highest BCUT2D eigenvalue weighted by atomic mass is 16.5. The lowest BCUT2D eigenvalue weighted by atomic mass is 9.95. The van der Waals surface area contributed by atoms with Crippen molar-refractivity contribution in [1.82, 2.24) is 5.32 Å². The Labute approximate surface area is 126 Å². The molecule has 0 radical (unpaired) electrons. The van der Waals surface area contributed by atoms with Crippen molar-refractivity contribution in [3.63, 3.8) is 0 Å². The van der Waals surface area contributed by atoms with Gasteiger partial charge in [-0.05, 0) is 25.8 Å². The number of nitrogens with one attached hydrogen (secondary N) is 1. The molecule has 0 bridgehead atoms. The highest BCUT2D eigenvalue weighted by Gasteiger charge is 2.21. The molecule has 0 aliphatic carbocycles. The van der Waals surface area contributed by atoms with E-state index in [1.807, 2.05) is 32.0 Å². The molecule has 1 aromatic carbocycles. The molecule has 0 aliphatic rings. The zero-order valence-electron chi connectivity index (χ0n) is 12.9. The molecule has 0 aromatic heterocycles. The van der Waals surface area contributed by atoms with E-state index in [1.165, 1.54) is 7.11 Å². The molecule has 0 fully saturated rings. The van der Waals surface area contributed by atoms with Gasteiger partial charge in [-0.3, -0.25) is 9.59 Å². The van der Waals surface area contributed by atoms with E-state index >= 15 is 0 Å². The Morgan fingerprint density at radius 1 is 1.38 bits per heavy atom. The molecule has 1 N–H and O–H groups in total. The molecule has 1 rings (SSSR count). The Morgan fingerprint density at radius 2 is 2.10 bits per heavy atom. The Hall–Kier alpha value is -1.94. The maximum Gasteiger partial charge on any atom is 0.305 e. The van der Waals surface area contributed by atoms with Crippen LogP contribution in [0.1, 0.15) is 34.3 Å². The molecule has 4 nitrogen and oxygen atoms in total. The second-order valence-electron chi connectivity index (χ2n) is 5.05. The van der Waals surface area contributed by atoms with Crippen LogP contribution < -0.4 is 5.32 Å². The molecule has 4 heteroatoms. The average Bonchev–Trinajstić information content (AvgIpc) is 2.46. The van der Waals surface area contributed by atoms with Crippen molar-refractivity contribution < 1.29 is 14.3 Å². The molecule has 1 atom stereocenters. The summed E-state index contributed by atoms with van der Waals surface area (Å²) in [6.45, 7) is 8.07. The number of carbonyl (C=O) groups is 2. The fourth-order valence-corrected chi connectivity index (χ4v) is 2.19. The summed E-state index contributed by atoms with van der Waals surface area (Å²) in [6.07, 6.45) is 2.31. The third-order valence-electron chi connectivity index (χ3n) is 3.34. The van der Waals surface area contributed by atoms with Crippen LogP contribution in [0, 0.1) is 13.8 Å². The smallest absolute Gasteiger partial charge is 0.305 e. The number of ether oxygens (including phenoxy) is 1. The van der Waals surface area contributed by atoms with E-state index < -0.39 is 6.04 Å². The Morgan fingerprint density at radius 3 is 2.67 bits per heavy atom. The predicted octanol–water partition coefficient (Wildman–Crippen LogP) is 2.58. The molecule has 0 saturated carbocycles. The minimum Gasteiger partial charge on any atom is -0.469 e. The van der Waals surface area contributed by atoms with Crippen LogP contribution in [-0.4, -0.2) is 31.4 Å². The maximum atomic E-state index is 12.6. The summed E-state index contributed by atoms with van der Waals surface area (Å²) in [4.78, 5) is 23.9. The summed E-state index contributed by atoms with van der Waals surface area (Å²) in [5, 5.41) is 3.11. The van der Waals surface area contributed by atoms with Gasteiger partial charge in [0.05, 0.1) is 13.2 Å². The van der Waals surface area contributed by atoms with Gasteiger partial charge in [0.2, 0.25) is 0 Å². The number of Topliss-reactive ketones (excluding diaryl/α,β-unsaturated/α-hetero) is 1. The SMILES string of the molecule is C=CCNC(CCC(=O)OC)C(=O)c1ccc(C)cc1C. The van der Waals surface area contributed by atoms with Gasteiger partial charge in [-0.25, -0.2) is 0 Å². The van der Waals surface area contributed by atoms with Gasteiger partial charge in [0.25, 0.3) is 0 Å². The first-order valence-electron chi connectivity index (χ1n) is 7.02. The van der Waals surface area contributed by atoms with Crippen LogP contribution in [0.5, 0.6) is 0 Å². The largest absolute Gasteiger partial charge is 0.469 e. The topological polar surface area (TPSA) is 55.4 Å². The van der Waals surface area contributed by atoms with Gasteiger partial charge in [0.15, 0.2) is 5.78 Å². The molecule has 0 amide bonds. The Bertz CT molecular complexity index is 523. The molecule has 1 aromatic rings. The van der Waals surface area contributed by atoms with Crippen molar-refractivity contribution >= 4 is 11.8 Å². The zero-order valence-corrected chi connectivity index (χ0v) is 12.9. The normalized spacial score (nSPS) is 11.8. The van der Waals surface area contributed by atoms with Crippen LogP contribution >= 0.6 is 0 Å². The number of benzene rings is 1. The predicted molar refractivity (Wildman–Crippen MR) is 83.5 cm³/mol. The lowest BCUT2D eigenvalue weighted by Crippen LogP contribution is -2.37. The van der Waals surface area contributed by atoms with Gasteiger partial charge in [-0.2, -0.15) is 0 Å². The van der Waals surface area contributed by atoms with Gasteiger partial charge in [0, 0.05) is 18.5 Å². The van der Waals surface area contributed by atoms with Gasteiger partial charge in [-0.1, -0.05) is 29.8 Å². The summed E-state index contributed by atoms with van der Waals surface area (Å²) in [6, 6.07) is 5.33. The number of carbonyl (C=O) groups excluding carboxylic acids is 2. The van der Waals surface area contributed by atoms with E-state index in [2.05, 4.69) is 16.6 Å². The van der Waals surface area contributed by atoms with Crippen molar-refractivity contribution in [2.24, 2.45) is 0 Å². The van der Waals surface area contributed by atoms with E-state index in [0.29, 0.717) is 18.5 Å². The molecule has 0 aliphatic heterocycles. The first kappa shape index (κ1) is 17.1. The first-order valence-corrected chi connectivity index (χ1v) is 7.02. The number of methoxy groups -OCH3 is 1. The molecule has 0 heterocycles. The van der Waals surface area contributed by atoms with E-state index in [0.717, 1.165) is 11.1 Å². The van der Waals surface area contributed by atoms with Gasteiger partial charge in [0.1, 0.15) is 0 Å². The van der Waals surface area contributed by atoms with Crippen molar-refractivity contribution in [3.05, 3.63) is 47.5 Å². The molecular weight excluding hydrogens is 266 g/mol. The number of hydrogen-bond acceptors (Lipinski definition) is 4. The van der Waals surface area contributed by atoms with E-state index in [1.54, 1.807) is 6.08 Å². The molecule has 0 saturated heterocycles. The highest BCUT2D eigenvalue weighted by Crippen LogP contribution is 2.15. The van der Waals surface area contributed by atoms with Crippen molar-refractivity contribution in [2.75, 3.05) is 13.7 Å². The van der Waals surface area contributed by atoms with Crippen molar-refractivity contribution in [2.45, 2.75) is 32.7 Å². The maximum absolute atomic E-state index is 12.6. The Kier molecular flexibility index (Phi) is 6.82. The van der Waals surface area contributed by atoms with Crippen LogP contribution in [0.3, 0.4) is 0 Å². The molecule has 21 heavy (non-hydrogen) atoms. The molecule has 0 spiro atoms. The summed E-state index contributed by atoms with van der Waals surface area (Å²) in [7, 11) is 1.35. The molecule has 114 valence electrons. The van der Waals surface area contributed by atoms with Gasteiger partial charge >= 0.3 is 5.97 Å². The van der Waals surface area contributed by atoms with Crippen LogP contribution in [0.15, 0.2) is 30.9 Å². The zero-order chi connectivity index (χ0) is 15.8. The monoisotopic (exact) mass is 289 g/mol. The van der Waals surface area contributed by atoms with Gasteiger partial charge < -0.3 is 10.1 Å². The second-order valence-corrected chi connectivity index (χ2v) is 5.05. The summed E-state index contributed by atoms with van der Waals surface area (Å²) in [5.74, 6) is -0.313. The summed E-state index contributed by atoms with van der Waals surface area (Å²) < 4.78 is 4.63. The summed E-state index contributed by atoms with van der Waals surface area (Å²) >= 11 is 0. The number of hydrogen-bond donors (Lipinski definition) is 1. The average molecular weight is 289 g/mol. The fraction of sp³-hybridized carbons (Fsp3) is 0.412. The van der Waals surface area contributed by atoms with Crippen LogP contribution in [0.4, 0.5) is 0 Å². The van der Waals surface area contributed by atoms with Gasteiger partial charge in [-0.15, -0.1) is 6.58 Å². The first-order chi connectivity index (χ1) is 9.99. The van der Waals surface area contributed by atoms with Crippen LogP contribution in [-0.2, 0) is 9.53 Å².